The maximum atomic E-state index is 13.5. The Morgan fingerprint density at radius 1 is 1.29 bits per heavy atom. The molecule has 0 aromatic heterocycles. The minimum atomic E-state index is -2.60. The third-order valence-electron chi connectivity index (χ3n) is 3.86. The van der Waals surface area contributed by atoms with Crippen molar-refractivity contribution in [3.8, 4) is 0 Å². The predicted molar refractivity (Wildman–Crippen MR) is 52.2 cm³/mol. The normalized spacial score (nSPS) is 29.1. The van der Waals surface area contributed by atoms with Crippen LogP contribution in [0.2, 0.25) is 0 Å². The van der Waals surface area contributed by atoms with Crippen LogP contribution >= 0.6 is 0 Å². The highest BCUT2D eigenvalue weighted by Crippen LogP contribution is 2.53. The van der Waals surface area contributed by atoms with Crippen LogP contribution in [0.4, 0.5) is 8.78 Å². The van der Waals surface area contributed by atoms with E-state index in [2.05, 4.69) is 0 Å². The second-order valence-corrected chi connectivity index (χ2v) is 5.21. The molecule has 0 bridgehead atoms. The van der Waals surface area contributed by atoms with Crippen LogP contribution in [0.5, 0.6) is 0 Å². The van der Waals surface area contributed by atoms with Gasteiger partial charge < -0.3 is 5.73 Å². The number of alkyl halides is 2. The fraction of sp³-hybridized carbons (Fsp3) is 1.00. The summed E-state index contributed by atoms with van der Waals surface area (Å²) < 4.78 is 27.0. The van der Waals surface area contributed by atoms with Gasteiger partial charge in [-0.15, -0.1) is 0 Å². The van der Waals surface area contributed by atoms with E-state index in [0.717, 1.165) is 45.4 Å². The van der Waals surface area contributed by atoms with Crippen LogP contribution in [0.3, 0.4) is 0 Å². The SMILES string of the molecule is CC(F)(F)C(C1CCCC1)C1(N)CC1. The molecule has 0 aromatic rings. The lowest BCUT2D eigenvalue weighted by molar-refractivity contribution is -0.0772. The summed E-state index contributed by atoms with van der Waals surface area (Å²) in [5.41, 5.74) is 5.44. The summed E-state index contributed by atoms with van der Waals surface area (Å²) in [5, 5.41) is 0. The summed E-state index contributed by atoms with van der Waals surface area (Å²) in [6.45, 7) is 1.04. The van der Waals surface area contributed by atoms with Gasteiger partial charge in [0.1, 0.15) is 0 Å². The number of hydrogen-bond acceptors (Lipinski definition) is 1. The molecule has 14 heavy (non-hydrogen) atoms. The monoisotopic (exact) mass is 203 g/mol. The van der Waals surface area contributed by atoms with E-state index < -0.39 is 17.4 Å². The van der Waals surface area contributed by atoms with E-state index in [1.807, 2.05) is 0 Å². The smallest absolute Gasteiger partial charge is 0.250 e. The first kappa shape index (κ1) is 10.3. The first-order valence-corrected chi connectivity index (χ1v) is 5.60. The average Bonchev–Trinajstić information content (AvgIpc) is 2.60. The molecule has 0 aliphatic heterocycles. The fourth-order valence-electron chi connectivity index (χ4n) is 3.13. The number of nitrogens with two attached hydrogens (primary N) is 1. The largest absolute Gasteiger partial charge is 0.325 e. The van der Waals surface area contributed by atoms with E-state index in [1.54, 1.807) is 0 Å². The summed E-state index contributed by atoms with van der Waals surface area (Å²) in [5.74, 6) is -3.00. The number of hydrogen-bond donors (Lipinski definition) is 1. The van der Waals surface area contributed by atoms with Crippen LogP contribution in [0, 0.1) is 11.8 Å². The van der Waals surface area contributed by atoms with Crippen molar-refractivity contribution in [1.29, 1.82) is 0 Å². The van der Waals surface area contributed by atoms with Crippen molar-refractivity contribution < 1.29 is 8.78 Å². The van der Waals surface area contributed by atoms with Crippen LogP contribution < -0.4 is 5.73 Å². The van der Waals surface area contributed by atoms with Crippen molar-refractivity contribution in [3.05, 3.63) is 0 Å². The van der Waals surface area contributed by atoms with Gasteiger partial charge in [-0.05, 0) is 38.5 Å². The molecule has 1 unspecified atom stereocenters. The van der Waals surface area contributed by atoms with Gasteiger partial charge in [0.25, 0.3) is 0 Å². The molecule has 0 amide bonds. The van der Waals surface area contributed by atoms with E-state index in [4.69, 9.17) is 5.73 Å². The Balaban J connectivity index is 2.13. The highest BCUT2D eigenvalue weighted by atomic mass is 19.3. The van der Waals surface area contributed by atoms with Crippen LogP contribution in [-0.4, -0.2) is 11.5 Å². The van der Waals surface area contributed by atoms with Crippen LogP contribution in [0.25, 0.3) is 0 Å². The van der Waals surface area contributed by atoms with Gasteiger partial charge in [-0.2, -0.15) is 0 Å². The maximum absolute atomic E-state index is 13.5. The zero-order valence-corrected chi connectivity index (χ0v) is 8.73. The minimum absolute atomic E-state index is 0.169. The Labute approximate surface area is 84.0 Å². The molecule has 82 valence electrons. The lowest BCUT2D eigenvalue weighted by Crippen LogP contribution is -2.46. The van der Waals surface area contributed by atoms with Crippen molar-refractivity contribution in [1.82, 2.24) is 0 Å². The van der Waals surface area contributed by atoms with Gasteiger partial charge >= 0.3 is 0 Å². The Morgan fingerprint density at radius 3 is 2.14 bits per heavy atom. The van der Waals surface area contributed by atoms with Gasteiger partial charge in [-0.3, -0.25) is 0 Å². The second kappa shape index (κ2) is 3.16. The van der Waals surface area contributed by atoms with E-state index >= 15 is 0 Å². The summed E-state index contributed by atoms with van der Waals surface area (Å²) in [6.07, 6.45) is 5.69. The first-order chi connectivity index (χ1) is 6.43. The molecule has 1 atom stereocenters. The molecule has 2 aliphatic rings. The molecule has 2 N–H and O–H groups in total. The highest BCUT2D eigenvalue weighted by Gasteiger charge is 2.57. The molecule has 2 saturated carbocycles. The summed E-state index contributed by atoms with van der Waals surface area (Å²) >= 11 is 0. The molecular formula is C11H19F2N. The standard InChI is InChI=1S/C11H19F2N/c1-10(12,13)9(11(14)6-7-11)8-4-2-3-5-8/h8-9H,2-7,14H2,1H3. The zero-order chi connectivity index (χ0) is 10.4. The molecule has 0 radical (unpaired) electrons. The molecule has 0 heterocycles. The fourth-order valence-corrected chi connectivity index (χ4v) is 3.13. The molecule has 2 aliphatic carbocycles. The first-order valence-electron chi connectivity index (χ1n) is 5.60. The second-order valence-electron chi connectivity index (χ2n) is 5.21. The quantitative estimate of drug-likeness (QED) is 0.749. The van der Waals surface area contributed by atoms with E-state index in [0.29, 0.717) is 0 Å². The van der Waals surface area contributed by atoms with Gasteiger partial charge in [0.05, 0.1) is 0 Å². The average molecular weight is 203 g/mol. The Morgan fingerprint density at radius 2 is 1.79 bits per heavy atom. The van der Waals surface area contributed by atoms with Crippen molar-refractivity contribution in [2.75, 3.05) is 0 Å². The third-order valence-corrected chi connectivity index (χ3v) is 3.86. The van der Waals surface area contributed by atoms with Gasteiger partial charge in [-0.1, -0.05) is 12.8 Å². The molecule has 1 nitrogen and oxygen atoms in total. The van der Waals surface area contributed by atoms with Crippen molar-refractivity contribution in [2.45, 2.75) is 56.9 Å². The Kier molecular flexibility index (Phi) is 2.33. The molecule has 0 spiro atoms. The topological polar surface area (TPSA) is 26.0 Å². The molecule has 0 saturated heterocycles. The van der Waals surface area contributed by atoms with Gasteiger partial charge in [0.15, 0.2) is 0 Å². The molecular weight excluding hydrogens is 184 g/mol. The molecule has 0 aromatic carbocycles. The molecule has 3 heteroatoms. The Hall–Kier alpha value is -0.180. The predicted octanol–water partition coefficient (Wildman–Crippen LogP) is 2.94. The van der Waals surface area contributed by atoms with Crippen molar-refractivity contribution in [2.24, 2.45) is 17.6 Å². The van der Waals surface area contributed by atoms with Gasteiger partial charge in [0, 0.05) is 11.5 Å². The summed E-state index contributed by atoms with van der Waals surface area (Å²) in [7, 11) is 0. The molecule has 2 rings (SSSR count). The van der Waals surface area contributed by atoms with Gasteiger partial charge in [0.2, 0.25) is 5.92 Å². The van der Waals surface area contributed by atoms with Crippen molar-refractivity contribution >= 4 is 0 Å². The number of rotatable bonds is 3. The Bertz CT molecular complexity index is 207. The highest BCUT2D eigenvalue weighted by molar-refractivity contribution is 5.09. The zero-order valence-electron chi connectivity index (χ0n) is 8.73. The van der Waals surface area contributed by atoms with E-state index in [1.165, 1.54) is 0 Å². The lowest BCUT2D eigenvalue weighted by Gasteiger charge is -2.34. The van der Waals surface area contributed by atoms with Gasteiger partial charge in [-0.25, -0.2) is 8.78 Å². The van der Waals surface area contributed by atoms with Crippen LogP contribution in [0.15, 0.2) is 0 Å². The van der Waals surface area contributed by atoms with Crippen molar-refractivity contribution in [3.63, 3.8) is 0 Å². The molecule has 2 fully saturated rings. The maximum Gasteiger partial charge on any atom is 0.250 e. The van der Waals surface area contributed by atoms with E-state index in [9.17, 15) is 8.78 Å². The lowest BCUT2D eigenvalue weighted by atomic mass is 9.79. The summed E-state index contributed by atoms with van der Waals surface area (Å²) in [4.78, 5) is 0. The number of halogens is 2. The van der Waals surface area contributed by atoms with E-state index in [-0.39, 0.29) is 5.92 Å². The van der Waals surface area contributed by atoms with Crippen LogP contribution in [0.1, 0.15) is 45.4 Å². The summed E-state index contributed by atoms with van der Waals surface area (Å²) in [6, 6.07) is 0. The third kappa shape index (κ3) is 1.79. The van der Waals surface area contributed by atoms with Crippen LogP contribution in [-0.2, 0) is 0 Å². The minimum Gasteiger partial charge on any atom is -0.325 e.